The Balaban J connectivity index is 1.79. The van der Waals surface area contributed by atoms with Crippen LogP contribution in [0.1, 0.15) is 30.4 Å². The van der Waals surface area contributed by atoms with Gasteiger partial charge in [0.25, 0.3) is 0 Å². The van der Waals surface area contributed by atoms with Gasteiger partial charge in [0.2, 0.25) is 0 Å². The van der Waals surface area contributed by atoms with E-state index >= 15 is 0 Å². The maximum absolute atomic E-state index is 13.1. The zero-order valence-electron chi connectivity index (χ0n) is 10.2. The van der Waals surface area contributed by atoms with Crippen LogP contribution >= 0.6 is 0 Å². The zero-order valence-corrected chi connectivity index (χ0v) is 10.2. The van der Waals surface area contributed by atoms with Crippen LogP contribution in [0.2, 0.25) is 0 Å². The number of aliphatic hydroxyl groups excluding tert-OH is 1. The minimum absolute atomic E-state index is 0.141. The first-order chi connectivity index (χ1) is 8.16. The van der Waals surface area contributed by atoms with Crippen LogP contribution in [0.3, 0.4) is 0 Å². The fourth-order valence-electron chi connectivity index (χ4n) is 2.47. The fourth-order valence-corrected chi connectivity index (χ4v) is 2.47. The van der Waals surface area contributed by atoms with Gasteiger partial charge in [0, 0.05) is 13.1 Å². The van der Waals surface area contributed by atoms with Crippen LogP contribution in [0.15, 0.2) is 18.2 Å². The van der Waals surface area contributed by atoms with Crippen LogP contribution in [0, 0.1) is 18.7 Å². The molecule has 17 heavy (non-hydrogen) atoms. The second-order valence-corrected chi connectivity index (χ2v) is 4.97. The summed E-state index contributed by atoms with van der Waals surface area (Å²) in [5, 5.41) is 13.0. The summed E-state index contributed by atoms with van der Waals surface area (Å²) in [6, 6.07) is 5.19. The van der Waals surface area contributed by atoms with Crippen LogP contribution in [0.5, 0.6) is 0 Å². The van der Waals surface area contributed by atoms with Crippen molar-refractivity contribution in [1.29, 1.82) is 0 Å². The van der Waals surface area contributed by atoms with E-state index in [4.69, 9.17) is 0 Å². The molecule has 1 aliphatic carbocycles. The number of hydrogen-bond donors (Lipinski definition) is 2. The molecule has 1 saturated carbocycles. The third-order valence-corrected chi connectivity index (χ3v) is 3.58. The molecule has 3 heteroatoms. The minimum atomic E-state index is -0.153. The quantitative estimate of drug-likeness (QED) is 0.842. The third-order valence-electron chi connectivity index (χ3n) is 3.58. The first-order valence-corrected chi connectivity index (χ1v) is 6.30. The Kier molecular flexibility index (Phi) is 4.13. The van der Waals surface area contributed by atoms with Crippen molar-refractivity contribution in [2.75, 3.05) is 6.54 Å². The van der Waals surface area contributed by atoms with Gasteiger partial charge in [0.05, 0.1) is 6.10 Å². The largest absolute Gasteiger partial charge is 0.393 e. The molecule has 0 heterocycles. The van der Waals surface area contributed by atoms with Crippen LogP contribution in [-0.2, 0) is 6.54 Å². The van der Waals surface area contributed by atoms with Crippen LogP contribution in [-0.4, -0.2) is 17.8 Å². The van der Waals surface area contributed by atoms with E-state index in [-0.39, 0.29) is 11.9 Å². The van der Waals surface area contributed by atoms with Crippen LogP contribution < -0.4 is 5.32 Å². The summed E-state index contributed by atoms with van der Waals surface area (Å²) in [6.45, 7) is 3.36. The number of halogens is 1. The van der Waals surface area contributed by atoms with Gasteiger partial charge in [-0.05, 0) is 42.9 Å². The summed E-state index contributed by atoms with van der Waals surface area (Å²) in [6.07, 6.45) is 3.03. The van der Waals surface area contributed by atoms with Crippen molar-refractivity contribution in [3.05, 3.63) is 35.1 Å². The molecule has 2 atom stereocenters. The highest BCUT2D eigenvalue weighted by Crippen LogP contribution is 2.24. The van der Waals surface area contributed by atoms with Crippen molar-refractivity contribution in [2.45, 2.75) is 38.8 Å². The molecule has 1 aliphatic rings. The molecular weight excluding hydrogens is 217 g/mol. The van der Waals surface area contributed by atoms with E-state index in [9.17, 15) is 9.50 Å². The standard InChI is InChI=1S/C14H20FNO/c1-10-7-11(5-6-13(10)15)8-16-9-12-3-2-4-14(12)17/h5-7,12,14,16-17H,2-4,8-9H2,1H3. The number of aliphatic hydroxyl groups is 1. The smallest absolute Gasteiger partial charge is 0.126 e. The highest BCUT2D eigenvalue weighted by atomic mass is 19.1. The van der Waals surface area contributed by atoms with Crippen LogP contribution in [0.4, 0.5) is 4.39 Å². The van der Waals surface area contributed by atoms with E-state index in [1.54, 1.807) is 13.0 Å². The van der Waals surface area contributed by atoms with Gasteiger partial charge in [-0.3, -0.25) is 0 Å². The molecule has 2 nitrogen and oxygen atoms in total. The lowest BCUT2D eigenvalue weighted by atomic mass is 10.1. The summed E-state index contributed by atoms with van der Waals surface area (Å²) >= 11 is 0. The number of hydrogen-bond acceptors (Lipinski definition) is 2. The maximum Gasteiger partial charge on any atom is 0.126 e. The van der Waals surface area contributed by atoms with Crippen molar-refractivity contribution in [3.63, 3.8) is 0 Å². The highest BCUT2D eigenvalue weighted by molar-refractivity contribution is 5.23. The number of benzene rings is 1. The van der Waals surface area contributed by atoms with E-state index < -0.39 is 0 Å². The molecule has 2 unspecified atom stereocenters. The number of rotatable bonds is 4. The molecule has 0 aliphatic heterocycles. The lowest BCUT2D eigenvalue weighted by Gasteiger charge is -2.15. The molecule has 1 aromatic carbocycles. The summed E-state index contributed by atoms with van der Waals surface area (Å²) in [5.41, 5.74) is 1.78. The van der Waals surface area contributed by atoms with E-state index in [0.717, 1.165) is 37.9 Å². The van der Waals surface area contributed by atoms with Crippen molar-refractivity contribution in [1.82, 2.24) is 5.32 Å². The Morgan fingerprint density at radius 2 is 2.24 bits per heavy atom. The molecule has 0 saturated heterocycles. The SMILES string of the molecule is Cc1cc(CNCC2CCCC2O)ccc1F. The third kappa shape index (κ3) is 3.27. The van der Waals surface area contributed by atoms with Crippen molar-refractivity contribution >= 4 is 0 Å². The van der Waals surface area contributed by atoms with Crippen molar-refractivity contribution in [3.8, 4) is 0 Å². The van der Waals surface area contributed by atoms with E-state index in [1.807, 2.05) is 6.07 Å². The average Bonchev–Trinajstić information content (AvgIpc) is 2.70. The normalized spacial score (nSPS) is 24.2. The summed E-state index contributed by atoms with van der Waals surface area (Å²) in [7, 11) is 0. The monoisotopic (exact) mass is 237 g/mol. The molecule has 0 bridgehead atoms. The van der Waals surface area contributed by atoms with E-state index in [2.05, 4.69) is 5.32 Å². The van der Waals surface area contributed by atoms with Crippen molar-refractivity contribution < 1.29 is 9.50 Å². The molecular formula is C14H20FNO. The minimum Gasteiger partial charge on any atom is -0.393 e. The van der Waals surface area contributed by atoms with Gasteiger partial charge in [0.1, 0.15) is 5.82 Å². The first-order valence-electron chi connectivity index (χ1n) is 6.30. The lowest BCUT2D eigenvalue weighted by molar-refractivity contribution is 0.131. The molecule has 0 aromatic heterocycles. The Bertz CT molecular complexity index is 380. The average molecular weight is 237 g/mol. The first kappa shape index (κ1) is 12.5. The topological polar surface area (TPSA) is 32.3 Å². The predicted octanol–water partition coefficient (Wildman–Crippen LogP) is 2.38. The lowest BCUT2D eigenvalue weighted by Crippen LogP contribution is -2.27. The van der Waals surface area contributed by atoms with Gasteiger partial charge in [0.15, 0.2) is 0 Å². The summed E-state index contributed by atoms with van der Waals surface area (Å²) in [5.74, 6) is 0.233. The van der Waals surface area contributed by atoms with Gasteiger partial charge >= 0.3 is 0 Å². The van der Waals surface area contributed by atoms with Gasteiger partial charge in [-0.2, -0.15) is 0 Å². The molecule has 2 rings (SSSR count). The molecule has 0 spiro atoms. The molecule has 1 fully saturated rings. The number of aryl methyl sites for hydroxylation is 1. The Hall–Kier alpha value is -0.930. The second kappa shape index (κ2) is 5.61. The summed E-state index contributed by atoms with van der Waals surface area (Å²) in [4.78, 5) is 0. The second-order valence-electron chi connectivity index (χ2n) is 4.97. The van der Waals surface area contributed by atoms with Gasteiger partial charge in [-0.15, -0.1) is 0 Å². The molecule has 94 valence electrons. The Morgan fingerprint density at radius 1 is 1.41 bits per heavy atom. The van der Waals surface area contributed by atoms with Crippen LogP contribution in [0.25, 0.3) is 0 Å². The molecule has 0 amide bonds. The van der Waals surface area contributed by atoms with Gasteiger partial charge in [-0.1, -0.05) is 18.6 Å². The Labute approximate surface area is 102 Å². The zero-order chi connectivity index (χ0) is 12.3. The van der Waals surface area contributed by atoms with Crippen molar-refractivity contribution in [2.24, 2.45) is 5.92 Å². The van der Waals surface area contributed by atoms with Gasteiger partial charge in [-0.25, -0.2) is 4.39 Å². The molecule has 0 radical (unpaired) electrons. The predicted molar refractivity (Wildman–Crippen MR) is 66.2 cm³/mol. The number of nitrogens with one attached hydrogen (secondary N) is 1. The molecule has 2 N–H and O–H groups in total. The van der Waals surface area contributed by atoms with Gasteiger partial charge < -0.3 is 10.4 Å². The van der Waals surface area contributed by atoms with E-state index in [1.165, 1.54) is 6.07 Å². The molecule has 1 aromatic rings. The highest BCUT2D eigenvalue weighted by Gasteiger charge is 2.24. The Morgan fingerprint density at radius 3 is 2.88 bits per heavy atom. The maximum atomic E-state index is 13.1. The fraction of sp³-hybridized carbons (Fsp3) is 0.571. The van der Waals surface area contributed by atoms with E-state index in [0.29, 0.717) is 11.5 Å². The summed E-state index contributed by atoms with van der Waals surface area (Å²) < 4.78 is 13.1.